The molecule has 0 aliphatic rings. The van der Waals surface area contributed by atoms with Crippen molar-refractivity contribution in [2.45, 2.75) is 13.0 Å². The van der Waals surface area contributed by atoms with Crippen LogP contribution in [0.5, 0.6) is 0 Å². The van der Waals surface area contributed by atoms with E-state index in [0.717, 1.165) is 23.9 Å². The summed E-state index contributed by atoms with van der Waals surface area (Å²) in [7, 11) is 1.88. The number of aromatic nitrogens is 1. The molecule has 4 nitrogen and oxygen atoms in total. The summed E-state index contributed by atoms with van der Waals surface area (Å²) < 4.78 is 1.82. The Hall–Kier alpha value is -1.52. The van der Waals surface area contributed by atoms with Crippen LogP contribution in [-0.4, -0.2) is 29.2 Å². The molecule has 1 aromatic heterocycles. The number of fused-ring (bicyclic) bond motifs is 1. The highest BCUT2D eigenvalue weighted by Gasteiger charge is 2.14. The Balaban J connectivity index is 2.45. The Morgan fingerprint density at radius 2 is 2.22 bits per heavy atom. The fourth-order valence-corrected chi connectivity index (χ4v) is 2.25. The predicted molar refractivity (Wildman–Crippen MR) is 72.5 cm³/mol. The third kappa shape index (κ3) is 2.49. The molecule has 0 saturated heterocycles. The van der Waals surface area contributed by atoms with Gasteiger partial charge in [-0.2, -0.15) is 0 Å². The molecule has 0 unspecified atom stereocenters. The third-order valence-corrected chi connectivity index (χ3v) is 3.13. The minimum atomic E-state index is -0.910. The number of nitrogens with zero attached hydrogens (tertiary/aromatic N) is 1. The Morgan fingerprint density at radius 1 is 1.44 bits per heavy atom. The number of hydrogen-bond acceptors (Lipinski definition) is 2. The molecule has 0 amide bonds. The van der Waals surface area contributed by atoms with Crippen LogP contribution >= 0.6 is 11.6 Å². The van der Waals surface area contributed by atoms with Crippen LogP contribution in [0.4, 0.5) is 0 Å². The van der Waals surface area contributed by atoms with E-state index in [-0.39, 0.29) is 0 Å². The Labute approximate surface area is 110 Å². The van der Waals surface area contributed by atoms with Gasteiger partial charge >= 0.3 is 5.97 Å². The number of carboxylic acids is 1. The molecule has 1 aromatic carbocycles. The molecular formula is C13H15ClN2O2. The first kappa shape index (κ1) is 12.9. The molecule has 0 atom stereocenters. The van der Waals surface area contributed by atoms with E-state index in [0.29, 0.717) is 17.3 Å². The molecule has 2 rings (SSSR count). The van der Waals surface area contributed by atoms with E-state index in [1.807, 2.05) is 17.7 Å². The second kappa shape index (κ2) is 5.42. The molecule has 96 valence electrons. The first-order valence-electron chi connectivity index (χ1n) is 5.80. The lowest BCUT2D eigenvalue weighted by Gasteiger charge is -2.08. The van der Waals surface area contributed by atoms with Crippen molar-refractivity contribution < 1.29 is 9.90 Å². The largest absolute Gasteiger partial charge is 0.477 e. The highest BCUT2D eigenvalue weighted by atomic mass is 35.5. The number of carboxylic acid groups (broad SMARTS) is 1. The molecule has 0 bridgehead atoms. The summed E-state index contributed by atoms with van der Waals surface area (Å²) in [5.41, 5.74) is 1.22. The topological polar surface area (TPSA) is 54.3 Å². The summed E-state index contributed by atoms with van der Waals surface area (Å²) in [6.45, 7) is 1.53. The number of hydrogen-bond donors (Lipinski definition) is 2. The van der Waals surface area contributed by atoms with Gasteiger partial charge in [-0.25, -0.2) is 4.79 Å². The van der Waals surface area contributed by atoms with Crippen molar-refractivity contribution in [3.8, 4) is 0 Å². The van der Waals surface area contributed by atoms with Crippen molar-refractivity contribution in [1.29, 1.82) is 0 Å². The maximum atomic E-state index is 11.2. The van der Waals surface area contributed by atoms with Gasteiger partial charge in [0.15, 0.2) is 0 Å². The Bertz CT molecular complexity index is 578. The molecule has 2 aromatic rings. The van der Waals surface area contributed by atoms with Gasteiger partial charge in [0.05, 0.1) is 0 Å². The van der Waals surface area contributed by atoms with Crippen molar-refractivity contribution in [2.75, 3.05) is 13.6 Å². The molecule has 0 aliphatic carbocycles. The van der Waals surface area contributed by atoms with Crippen LogP contribution in [0, 0.1) is 0 Å². The minimum Gasteiger partial charge on any atom is -0.477 e. The lowest BCUT2D eigenvalue weighted by Crippen LogP contribution is -2.14. The second-order valence-electron chi connectivity index (χ2n) is 4.15. The number of halogens is 1. The molecule has 1 heterocycles. The number of benzene rings is 1. The normalized spacial score (nSPS) is 11.0. The second-order valence-corrected chi connectivity index (χ2v) is 4.58. The molecule has 5 heteroatoms. The van der Waals surface area contributed by atoms with Gasteiger partial charge in [-0.15, -0.1) is 0 Å². The fourth-order valence-electron chi connectivity index (χ4n) is 2.07. The van der Waals surface area contributed by atoms with Crippen molar-refractivity contribution in [1.82, 2.24) is 9.88 Å². The Kier molecular flexibility index (Phi) is 3.89. The zero-order valence-electron chi connectivity index (χ0n) is 10.1. The van der Waals surface area contributed by atoms with Gasteiger partial charge in [-0.1, -0.05) is 11.6 Å². The summed E-state index contributed by atoms with van der Waals surface area (Å²) in [5, 5.41) is 13.8. The number of rotatable bonds is 5. The zero-order valence-corrected chi connectivity index (χ0v) is 10.9. The van der Waals surface area contributed by atoms with E-state index in [1.54, 1.807) is 18.2 Å². The molecule has 18 heavy (non-hydrogen) atoms. The van der Waals surface area contributed by atoms with Crippen LogP contribution in [0.2, 0.25) is 5.02 Å². The first-order valence-corrected chi connectivity index (χ1v) is 6.18. The summed E-state index contributed by atoms with van der Waals surface area (Å²) in [6, 6.07) is 7.11. The minimum absolute atomic E-state index is 0.309. The average Bonchev–Trinajstić information content (AvgIpc) is 2.68. The van der Waals surface area contributed by atoms with Crippen molar-refractivity contribution in [2.24, 2.45) is 0 Å². The highest BCUT2D eigenvalue weighted by Crippen LogP contribution is 2.24. The number of aryl methyl sites for hydroxylation is 1. The number of aromatic carboxylic acids is 1. The lowest BCUT2D eigenvalue weighted by molar-refractivity contribution is 0.0685. The summed E-state index contributed by atoms with van der Waals surface area (Å²) in [5.74, 6) is -0.910. The quantitative estimate of drug-likeness (QED) is 0.818. The maximum Gasteiger partial charge on any atom is 0.352 e. The van der Waals surface area contributed by atoms with Crippen LogP contribution in [0.25, 0.3) is 10.9 Å². The molecule has 0 aliphatic heterocycles. The van der Waals surface area contributed by atoms with Crippen LogP contribution in [-0.2, 0) is 6.54 Å². The van der Waals surface area contributed by atoms with E-state index >= 15 is 0 Å². The van der Waals surface area contributed by atoms with Gasteiger partial charge in [0.1, 0.15) is 5.69 Å². The SMILES string of the molecule is CNCCCn1c(C(=O)O)cc2cc(Cl)ccc21. The van der Waals surface area contributed by atoms with Gasteiger partial charge in [0, 0.05) is 22.5 Å². The van der Waals surface area contributed by atoms with E-state index in [4.69, 9.17) is 11.6 Å². The molecule has 0 saturated carbocycles. The van der Waals surface area contributed by atoms with E-state index in [2.05, 4.69) is 5.32 Å². The molecule has 0 spiro atoms. The van der Waals surface area contributed by atoms with E-state index < -0.39 is 5.97 Å². The summed E-state index contributed by atoms with van der Waals surface area (Å²) >= 11 is 5.92. The van der Waals surface area contributed by atoms with Crippen LogP contribution in [0.3, 0.4) is 0 Å². The third-order valence-electron chi connectivity index (χ3n) is 2.89. The zero-order chi connectivity index (χ0) is 13.1. The standard InChI is InChI=1S/C13H15ClN2O2/c1-15-5-2-6-16-11-4-3-10(14)7-9(11)8-12(16)13(17)18/h3-4,7-8,15H,2,5-6H2,1H3,(H,17,18). The smallest absolute Gasteiger partial charge is 0.352 e. The highest BCUT2D eigenvalue weighted by molar-refractivity contribution is 6.31. The van der Waals surface area contributed by atoms with Crippen molar-refractivity contribution in [3.05, 3.63) is 35.0 Å². The molecule has 0 radical (unpaired) electrons. The van der Waals surface area contributed by atoms with Gasteiger partial charge in [0.25, 0.3) is 0 Å². The molecule has 0 fully saturated rings. The van der Waals surface area contributed by atoms with Gasteiger partial charge < -0.3 is 15.0 Å². The maximum absolute atomic E-state index is 11.2. The Morgan fingerprint density at radius 3 is 2.89 bits per heavy atom. The van der Waals surface area contributed by atoms with Gasteiger partial charge in [-0.3, -0.25) is 0 Å². The van der Waals surface area contributed by atoms with Crippen LogP contribution < -0.4 is 5.32 Å². The molecular weight excluding hydrogens is 252 g/mol. The fraction of sp³-hybridized carbons (Fsp3) is 0.308. The van der Waals surface area contributed by atoms with Crippen LogP contribution in [0.1, 0.15) is 16.9 Å². The van der Waals surface area contributed by atoms with Gasteiger partial charge in [-0.05, 0) is 44.3 Å². The van der Waals surface area contributed by atoms with Gasteiger partial charge in [0.2, 0.25) is 0 Å². The van der Waals surface area contributed by atoms with Crippen LogP contribution in [0.15, 0.2) is 24.3 Å². The monoisotopic (exact) mass is 266 g/mol. The first-order chi connectivity index (χ1) is 8.63. The van der Waals surface area contributed by atoms with E-state index in [9.17, 15) is 9.90 Å². The number of nitrogens with one attached hydrogen (secondary N) is 1. The summed E-state index contributed by atoms with van der Waals surface area (Å²) in [4.78, 5) is 11.2. The van der Waals surface area contributed by atoms with Crippen molar-refractivity contribution >= 4 is 28.5 Å². The van der Waals surface area contributed by atoms with Crippen molar-refractivity contribution in [3.63, 3.8) is 0 Å². The predicted octanol–water partition coefficient (Wildman–Crippen LogP) is 2.60. The average molecular weight is 267 g/mol. The number of carbonyl (C=O) groups is 1. The summed E-state index contributed by atoms with van der Waals surface area (Å²) in [6.07, 6.45) is 0.878. The molecule has 2 N–H and O–H groups in total. The van der Waals surface area contributed by atoms with E-state index in [1.165, 1.54) is 0 Å². The lowest BCUT2D eigenvalue weighted by atomic mass is 10.2.